The quantitative estimate of drug-likeness (QED) is 0.838. The highest BCUT2D eigenvalue weighted by atomic mass is 16.3. The van der Waals surface area contributed by atoms with E-state index in [2.05, 4.69) is 4.98 Å². The lowest BCUT2D eigenvalue weighted by molar-refractivity contribution is -0.130. The maximum Gasteiger partial charge on any atom is 0.326 e. The summed E-state index contributed by atoms with van der Waals surface area (Å²) in [6.45, 7) is 1.38. The van der Waals surface area contributed by atoms with Gasteiger partial charge in [-0.1, -0.05) is 12.1 Å². The monoisotopic (exact) mass is 275 g/mol. The van der Waals surface area contributed by atoms with E-state index in [1.165, 1.54) is 4.57 Å². The van der Waals surface area contributed by atoms with Crippen molar-refractivity contribution in [2.75, 3.05) is 19.7 Å². The van der Waals surface area contributed by atoms with Gasteiger partial charge in [0, 0.05) is 25.6 Å². The second-order valence-corrected chi connectivity index (χ2v) is 5.21. The van der Waals surface area contributed by atoms with E-state index >= 15 is 0 Å². The van der Waals surface area contributed by atoms with Crippen molar-refractivity contribution >= 4 is 16.9 Å². The van der Waals surface area contributed by atoms with E-state index in [1.807, 2.05) is 24.3 Å². The molecule has 1 unspecified atom stereocenters. The second kappa shape index (κ2) is 5.13. The van der Waals surface area contributed by atoms with Crippen LogP contribution in [0.4, 0.5) is 0 Å². The number of nitrogens with one attached hydrogen (secondary N) is 1. The van der Waals surface area contributed by atoms with Crippen LogP contribution < -0.4 is 5.69 Å². The molecule has 0 saturated carbocycles. The molecule has 1 aromatic carbocycles. The molecule has 1 atom stereocenters. The van der Waals surface area contributed by atoms with Gasteiger partial charge >= 0.3 is 5.69 Å². The van der Waals surface area contributed by atoms with Crippen molar-refractivity contribution in [1.29, 1.82) is 0 Å². The highest BCUT2D eigenvalue weighted by molar-refractivity contribution is 5.80. The van der Waals surface area contributed by atoms with Gasteiger partial charge in [0.05, 0.1) is 11.0 Å². The number of aromatic amines is 1. The van der Waals surface area contributed by atoms with E-state index in [0.717, 1.165) is 17.5 Å². The molecule has 1 amide bonds. The predicted octanol–water partition coefficient (Wildman–Crippen LogP) is 0.170. The lowest BCUT2D eigenvalue weighted by Gasteiger charge is -2.16. The van der Waals surface area contributed by atoms with Crippen molar-refractivity contribution in [3.8, 4) is 0 Å². The van der Waals surface area contributed by atoms with Crippen molar-refractivity contribution < 1.29 is 9.90 Å². The second-order valence-electron chi connectivity index (χ2n) is 5.21. The van der Waals surface area contributed by atoms with E-state index in [0.29, 0.717) is 13.1 Å². The Hall–Kier alpha value is -2.08. The number of amides is 1. The number of hydrogen-bond donors (Lipinski definition) is 2. The van der Waals surface area contributed by atoms with E-state index in [1.54, 1.807) is 4.90 Å². The first kappa shape index (κ1) is 12.9. The Kier molecular flexibility index (Phi) is 3.31. The number of H-pyrrole nitrogens is 1. The molecule has 3 rings (SSSR count). The molecule has 0 bridgehead atoms. The zero-order chi connectivity index (χ0) is 14.1. The number of hydrogen-bond acceptors (Lipinski definition) is 3. The molecular weight excluding hydrogens is 258 g/mol. The van der Waals surface area contributed by atoms with Gasteiger partial charge in [0.15, 0.2) is 0 Å². The maximum absolute atomic E-state index is 12.2. The SMILES string of the molecule is O=C(Cn1c(=O)[nH]c2ccccc21)N1CCC(CO)C1. The van der Waals surface area contributed by atoms with Crippen LogP contribution in [0.25, 0.3) is 11.0 Å². The Bertz CT molecular complexity index is 688. The average molecular weight is 275 g/mol. The fourth-order valence-corrected chi connectivity index (χ4v) is 2.71. The number of carbonyl (C=O) groups excluding carboxylic acids is 1. The topological polar surface area (TPSA) is 78.3 Å². The van der Waals surface area contributed by atoms with E-state index in [4.69, 9.17) is 5.11 Å². The molecule has 20 heavy (non-hydrogen) atoms. The highest BCUT2D eigenvalue weighted by Gasteiger charge is 2.26. The van der Waals surface area contributed by atoms with Crippen molar-refractivity contribution in [3.05, 3.63) is 34.7 Å². The molecule has 0 spiro atoms. The van der Waals surface area contributed by atoms with E-state index in [-0.39, 0.29) is 30.7 Å². The number of nitrogens with zero attached hydrogens (tertiary/aromatic N) is 2. The average Bonchev–Trinajstić information content (AvgIpc) is 3.04. The fraction of sp³-hybridized carbons (Fsp3) is 0.429. The van der Waals surface area contributed by atoms with Crippen molar-refractivity contribution in [3.63, 3.8) is 0 Å². The first-order valence-corrected chi connectivity index (χ1v) is 6.75. The van der Waals surface area contributed by atoms with Gasteiger partial charge in [-0.2, -0.15) is 0 Å². The van der Waals surface area contributed by atoms with Crippen LogP contribution in [0.1, 0.15) is 6.42 Å². The van der Waals surface area contributed by atoms with Gasteiger partial charge in [-0.3, -0.25) is 9.36 Å². The third kappa shape index (κ3) is 2.22. The Morgan fingerprint density at radius 2 is 2.20 bits per heavy atom. The minimum Gasteiger partial charge on any atom is -0.396 e. The van der Waals surface area contributed by atoms with E-state index < -0.39 is 0 Å². The molecule has 2 N–H and O–H groups in total. The summed E-state index contributed by atoms with van der Waals surface area (Å²) in [6, 6.07) is 7.32. The number of likely N-dealkylation sites (tertiary alicyclic amines) is 1. The summed E-state index contributed by atoms with van der Waals surface area (Å²) in [4.78, 5) is 28.6. The molecule has 0 radical (unpaired) electrons. The highest BCUT2D eigenvalue weighted by Crippen LogP contribution is 2.16. The summed E-state index contributed by atoms with van der Waals surface area (Å²) in [6.07, 6.45) is 0.824. The van der Waals surface area contributed by atoms with Crippen LogP contribution >= 0.6 is 0 Å². The first-order valence-electron chi connectivity index (χ1n) is 6.75. The number of para-hydroxylation sites is 2. The molecule has 1 aromatic heterocycles. The van der Waals surface area contributed by atoms with Crippen molar-refractivity contribution in [1.82, 2.24) is 14.5 Å². The summed E-state index contributed by atoms with van der Waals surface area (Å²) < 4.78 is 1.46. The van der Waals surface area contributed by atoms with Crippen LogP contribution in [0.3, 0.4) is 0 Å². The van der Waals surface area contributed by atoms with Gasteiger partial charge in [0.25, 0.3) is 0 Å². The van der Waals surface area contributed by atoms with Crippen LogP contribution in [-0.2, 0) is 11.3 Å². The minimum atomic E-state index is -0.266. The van der Waals surface area contributed by atoms with Crippen LogP contribution in [0.2, 0.25) is 0 Å². The summed E-state index contributed by atoms with van der Waals surface area (Å²) in [7, 11) is 0. The van der Waals surface area contributed by atoms with Gasteiger partial charge in [0.2, 0.25) is 5.91 Å². The minimum absolute atomic E-state index is 0.0427. The lowest BCUT2D eigenvalue weighted by atomic mass is 10.1. The molecular formula is C14H17N3O3. The molecule has 1 saturated heterocycles. The van der Waals surface area contributed by atoms with Crippen LogP contribution in [0.5, 0.6) is 0 Å². The zero-order valence-corrected chi connectivity index (χ0v) is 11.1. The molecule has 1 aliphatic rings. The standard InChI is InChI=1S/C14H17N3O3/c18-9-10-5-6-16(7-10)13(19)8-17-12-4-2-1-3-11(12)15-14(17)20/h1-4,10,18H,5-9H2,(H,15,20). The van der Waals surface area contributed by atoms with Gasteiger partial charge < -0.3 is 15.0 Å². The third-order valence-corrected chi connectivity index (χ3v) is 3.87. The first-order chi connectivity index (χ1) is 9.69. The number of aliphatic hydroxyl groups excluding tert-OH is 1. The zero-order valence-electron chi connectivity index (χ0n) is 11.1. The predicted molar refractivity (Wildman–Crippen MR) is 74.3 cm³/mol. The van der Waals surface area contributed by atoms with Crippen molar-refractivity contribution in [2.45, 2.75) is 13.0 Å². The number of aromatic nitrogens is 2. The molecule has 6 heteroatoms. The Balaban J connectivity index is 1.81. The normalized spacial score (nSPS) is 18.9. The lowest BCUT2D eigenvalue weighted by Crippen LogP contribution is -2.34. The van der Waals surface area contributed by atoms with Crippen molar-refractivity contribution in [2.24, 2.45) is 5.92 Å². The summed E-state index contributed by atoms with van der Waals surface area (Å²) >= 11 is 0. The van der Waals surface area contributed by atoms with Gasteiger partial charge in [-0.05, 0) is 18.6 Å². The molecule has 0 aliphatic carbocycles. The summed E-state index contributed by atoms with van der Waals surface area (Å²) in [5, 5.41) is 9.11. The number of rotatable bonds is 3. The molecule has 1 fully saturated rings. The number of imidazole rings is 1. The number of fused-ring (bicyclic) bond motifs is 1. The van der Waals surface area contributed by atoms with Gasteiger partial charge in [0.1, 0.15) is 6.54 Å². The molecule has 6 nitrogen and oxygen atoms in total. The Labute approximate surface area is 115 Å². The number of aliphatic hydroxyl groups is 1. The largest absolute Gasteiger partial charge is 0.396 e. The van der Waals surface area contributed by atoms with E-state index in [9.17, 15) is 9.59 Å². The Morgan fingerprint density at radius 3 is 2.95 bits per heavy atom. The third-order valence-electron chi connectivity index (χ3n) is 3.87. The van der Waals surface area contributed by atoms with Crippen LogP contribution in [-0.4, -0.2) is 45.2 Å². The number of benzene rings is 1. The maximum atomic E-state index is 12.2. The molecule has 106 valence electrons. The Morgan fingerprint density at radius 1 is 1.40 bits per heavy atom. The summed E-state index contributed by atoms with van der Waals surface area (Å²) in [5.74, 6) is 0.0893. The smallest absolute Gasteiger partial charge is 0.326 e. The molecule has 2 aromatic rings. The van der Waals surface area contributed by atoms with Gasteiger partial charge in [-0.25, -0.2) is 4.79 Å². The molecule has 1 aliphatic heterocycles. The number of carbonyl (C=O) groups is 1. The van der Waals surface area contributed by atoms with Crippen LogP contribution in [0, 0.1) is 5.92 Å². The summed E-state index contributed by atoms with van der Waals surface area (Å²) in [5.41, 5.74) is 1.21. The molecule has 2 heterocycles. The fourth-order valence-electron chi connectivity index (χ4n) is 2.71. The van der Waals surface area contributed by atoms with Gasteiger partial charge in [-0.15, -0.1) is 0 Å². The van der Waals surface area contributed by atoms with Crippen LogP contribution in [0.15, 0.2) is 29.1 Å².